The van der Waals surface area contributed by atoms with Crippen molar-refractivity contribution in [3.8, 4) is 0 Å². The first-order chi connectivity index (χ1) is 2.91. The number of isocyanates is 1. The molecule has 0 unspecified atom stereocenters. The minimum atomic E-state index is 0.479. The second kappa shape index (κ2) is 4.73. The van der Waals surface area contributed by atoms with E-state index in [1.165, 1.54) is 6.08 Å². The van der Waals surface area contributed by atoms with Gasteiger partial charge in [0.05, 0.1) is 6.54 Å². The molecular formula is C3H5NOS. The summed E-state index contributed by atoms with van der Waals surface area (Å²) in [5.41, 5.74) is 0. The highest BCUT2D eigenvalue weighted by molar-refractivity contribution is 7.80. The number of carbonyl (C=O) groups excluding carboxylic acids is 1. The highest BCUT2D eigenvalue weighted by Gasteiger charge is 1.66. The van der Waals surface area contributed by atoms with Gasteiger partial charge in [0, 0.05) is 5.75 Å². The predicted molar refractivity (Wildman–Crippen MR) is 26.8 cm³/mol. The Hall–Kier alpha value is -0.270. The van der Waals surface area contributed by atoms with Crippen LogP contribution in [0.25, 0.3) is 0 Å². The predicted octanol–water partition coefficient (Wildman–Crippen LogP) is 0.252. The normalized spacial score (nSPS) is 6.83. The van der Waals surface area contributed by atoms with Crippen molar-refractivity contribution in [2.24, 2.45) is 4.99 Å². The van der Waals surface area contributed by atoms with Crippen molar-refractivity contribution in [1.29, 1.82) is 0 Å². The second-order valence-corrected chi connectivity index (χ2v) is 1.14. The quantitative estimate of drug-likeness (QED) is 0.303. The van der Waals surface area contributed by atoms with Crippen molar-refractivity contribution in [3.05, 3.63) is 0 Å². The molecule has 0 atom stereocenters. The third-order valence-corrected chi connectivity index (χ3v) is 0.476. The van der Waals surface area contributed by atoms with E-state index < -0.39 is 0 Å². The van der Waals surface area contributed by atoms with Crippen molar-refractivity contribution >= 4 is 18.7 Å². The van der Waals surface area contributed by atoms with Gasteiger partial charge in [-0.1, -0.05) is 0 Å². The van der Waals surface area contributed by atoms with Crippen LogP contribution in [0, 0.1) is 0 Å². The van der Waals surface area contributed by atoms with E-state index in [0.29, 0.717) is 12.3 Å². The highest BCUT2D eigenvalue weighted by Crippen LogP contribution is 1.69. The zero-order chi connectivity index (χ0) is 4.83. The highest BCUT2D eigenvalue weighted by atomic mass is 32.1. The minimum absolute atomic E-state index is 0.479. The van der Waals surface area contributed by atoms with E-state index in [1.807, 2.05) is 0 Å². The standard InChI is InChI=1S/C3H5NOS/c5-3-4-1-2-6/h6H,1-2H2. The minimum Gasteiger partial charge on any atom is -0.211 e. The molecule has 0 radical (unpaired) electrons. The Kier molecular flexibility index (Phi) is 4.52. The van der Waals surface area contributed by atoms with Gasteiger partial charge >= 0.3 is 0 Å². The number of thiol groups is 1. The Labute approximate surface area is 41.7 Å². The fraction of sp³-hybridized carbons (Fsp3) is 0.667. The molecule has 0 aliphatic carbocycles. The van der Waals surface area contributed by atoms with Gasteiger partial charge in [0.2, 0.25) is 6.08 Å². The molecule has 0 aromatic carbocycles. The number of rotatable bonds is 2. The lowest BCUT2D eigenvalue weighted by Crippen LogP contribution is -1.75. The summed E-state index contributed by atoms with van der Waals surface area (Å²) in [7, 11) is 0. The first-order valence-corrected chi connectivity index (χ1v) is 2.19. The monoisotopic (exact) mass is 103 g/mol. The van der Waals surface area contributed by atoms with Crippen LogP contribution in [0.1, 0.15) is 0 Å². The van der Waals surface area contributed by atoms with Gasteiger partial charge in [0.15, 0.2) is 0 Å². The fourth-order valence-corrected chi connectivity index (χ4v) is 0.196. The van der Waals surface area contributed by atoms with Gasteiger partial charge in [-0.3, -0.25) is 0 Å². The lowest BCUT2D eigenvalue weighted by molar-refractivity contribution is 0.563. The second-order valence-electron chi connectivity index (χ2n) is 0.697. The van der Waals surface area contributed by atoms with Crippen LogP contribution < -0.4 is 0 Å². The summed E-state index contributed by atoms with van der Waals surface area (Å²) in [6.45, 7) is 0.479. The van der Waals surface area contributed by atoms with Crippen LogP contribution in [0.2, 0.25) is 0 Å². The SMILES string of the molecule is O=C=NCCS. The molecule has 0 heterocycles. The Morgan fingerprint density at radius 3 is 2.67 bits per heavy atom. The van der Waals surface area contributed by atoms with E-state index in [0.717, 1.165) is 0 Å². The van der Waals surface area contributed by atoms with E-state index >= 15 is 0 Å². The fourth-order valence-electron chi connectivity index (χ4n) is 0.0956. The van der Waals surface area contributed by atoms with Gasteiger partial charge in [0.1, 0.15) is 0 Å². The third kappa shape index (κ3) is 3.73. The number of nitrogens with zero attached hydrogens (tertiary/aromatic N) is 1. The summed E-state index contributed by atoms with van der Waals surface area (Å²) < 4.78 is 0. The van der Waals surface area contributed by atoms with E-state index in [1.54, 1.807) is 0 Å². The van der Waals surface area contributed by atoms with Crippen molar-refractivity contribution in [1.82, 2.24) is 0 Å². The first-order valence-electron chi connectivity index (χ1n) is 1.56. The van der Waals surface area contributed by atoms with Crippen LogP contribution in [0.5, 0.6) is 0 Å². The molecular weight excluding hydrogens is 98.1 g/mol. The van der Waals surface area contributed by atoms with Gasteiger partial charge < -0.3 is 0 Å². The topological polar surface area (TPSA) is 29.4 Å². The van der Waals surface area contributed by atoms with Crippen LogP contribution in [0.3, 0.4) is 0 Å². The Balaban J connectivity index is 2.86. The molecule has 0 bridgehead atoms. The molecule has 0 aromatic rings. The molecule has 0 aromatic heterocycles. The van der Waals surface area contributed by atoms with Gasteiger partial charge in [-0.2, -0.15) is 12.6 Å². The molecule has 34 valence electrons. The third-order valence-electron chi connectivity index (χ3n) is 0.276. The average Bonchev–Trinajstić information content (AvgIpc) is 1.61. The molecule has 0 aliphatic rings. The van der Waals surface area contributed by atoms with Crippen molar-refractivity contribution < 1.29 is 4.79 Å². The summed E-state index contributed by atoms with van der Waals surface area (Å²) in [6.07, 6.45) is 1.39. The molecule has 0 rings (SSSR count). The van der Waals surface area contributed by atoms with Gasteiger partial charge in [0.25, 0.3) is 0 Å². The lowest BCUT2D eigenvalue weighted by Gasteiger charge is -1.71. The largest absolute Gasteiger partial charge is 0.234 e. The van der Waals surface area contributed by atoms with Gasteiger partial charge in [-0.15, -0.1) is 0 Å². The molecule has 0 saturated heterocycles. The van der Waals surface area contributed by atoms with E-state index in [-0.39, 0.29) is 0 Å². The zero-order valence-corrected chi connectivity index (χ0v) is 4.11. The Morgan fingerprint density at radius 2 is 2.50 bits per heavy atom. The van der Waals surface area contributed by atoms with Gasteiger partial charge in [-0.05, 0) is 0 Å². The zero-order valence-electron chi connectivity index (χ0n) is 3.22. The Morgan fingerprint density at radius 1 is 1.83 bits per heavy atom. The van der Waals surface area contributed by atoms with Crippen molar-refractivity contribution in [2.75, 3.05) is 12.3 Å². The van der Waals surface area contributed by atoms with Crippen molar-refractivity contribution in [2.45, 2.75) is 0 Å². The summed E-state index contributed by atoms with van der Waals surface area (Å²) in [5.74, 6) is 0.620. The molecule has 2 nitrogen and oxygen atoms in total. The number of hydrogen-bond acceptors (Lipinski definition) is 3. The lowest BCUT2D eigenvalue weighted by atomic mass is 10.8. The summed E-state index contributed by atoms with van der Waals surface area (Å²) in [4.78, 5) is 12.4. The Bertz CT molecular complexity index is 67.2. The first kappa shape index (κ1) is 5.73. The van der Waals surface area contributed by atoms with Crippen LogP contribution in [-0.2, 0) is 4.79 Å². The summed E-state index contributed by atoms with van der Waals surface area (Å²) in [6, 6.07) is 0. The van der Waals surface area contributed by atoms with Crippen LogP contribution in [0.4, 0.5) is 0 Å². The maximum Gasteiger partial charge on any atom is 0.234 e. The van der Waals surface area contributed by atoms with Crippen LogP contribution >= 0.6 is 12.6 Å². The summed E-state index contributed by atoms with van der Waals surface area (Å²) >= 11 is 3.78. The summed E-state index contributed by atoms with van der Waals surface area (Å²) in [5, 5.41) is 0. The molecule has 6 heavy (non-hydrogen) atoms. The van der Waals surface area contributed by atoms with Crippen molar-refractivity contribution in [3.63, 3.8) is 0 Å². The van der Waals surface area contributed by atoms with Gasteiger partial charge in [-0.25, -0.2) is 9.79 Å². The average molecular weight is 103 g/mol. The molecule has 0 fully saturated rings. The molecule has 3 heteroatoms. The smallest absolute Gasteiger partial charge is 0.211 e. The maximum atomic E-state index is 9.24. The molecule has 0 spiro atoms. The molecule has 0 amide bonds. The maximum absolute atomic E-state index is 9.24. The van der Waals surface area contributed by atoms with E-state index in [2.05, 4.69) is 17.6 Å². The molecule has 0 saturated carbocycles. The van der Waals surface area contributed by atoms with E-state index in [4.69, 9.17) is 0 Å². The van der Waals surface area contributed by atoms with Crippen LogP contribution in [-0.4, -0.2) is 18.4 Å². The molecule has 0 N–H and O–H groups in total. The van der Waals surface area contributed by atoms with E-state index in [9.17, 15) is 4.79 Å². The van der Waals surface area contributed by atoms with Crippen LogP contribution in [0.15, 0.2) is 4.99 Å². The number of hydrogen-bond donors (Lipinski definition) is 1. The number of aliphatic imine (C=N–C) groups is 1. The molecule has 0 aliphatic heterocycles.